The second-order valence-corrected chi connectivity index (χ2v) is 12.7. The first kappa shape index (κ1) is 37.6. The molecule has 2 aliphatic rings. The maximum absolute atomic E-state index is 14.6. The molecule has 0 aliphatic carbocycles. The van der Waals surface area contributed by atoms with Gasteiger partial charge in [0.1, 0.15) is 17.3 Å². The van der Waals surface area contributed by atoms with Crippen molar-refractivity contribution in [2.45, 2.75) is 25.4 Å². The van der Waals surface area contributed by atoms with Gasteiger partial charge in [0.2, 0.25) is 0 Å². The number of likely N-dealkylation sites (tertiary alicyclic amines) is 1. The van der Waals surface area contributed by atoms with Gasteiger partial charge in [-0.05, 0) is 55.8 Å². The van der Waals surface area contributed by atoms with Crippen LogP contribution in [0.1, 0.15) is 25.2 Å². The maximum Gasteiger partial charge on any atom is 0.407 e. The largest absolute Gasteiger partial charge is 0.497 e. The van der Waals surface area contributed by atoms with Crippen LogP contribution < -0.4 is 35.6 Å². The number of urea groups is 2. The summed E-state index contributed by atoms with van der Waals surface area (Å²) >= 11 is 0. The third-order valence-electron chi connectivity index (χ3n) is 9.41. The van der Waals surface area contributed by atoms with E-state index in [9.17, 15) is 32.3 Å². The van der Waals surface area contributed by atoms with E-state index in [-0.39, 0.29) is 72.1 Å². The van der Waals surface area contributed by atoms with Gasteiger partial charge in [0, 0.05) is 44.0 Å². The zero-order valence-electron chi connectivity index (χ0n) is 30.0. The van der Waals surface area contributed by atoms with E-state index in [1.54, 1.807) is 39.9 Å². The maximum atomic E-state index is 14.6. The quantitative estimate of drug-likeness (QED) is 0.267. The summed E-state index contributed by atoms with van der Waals surface area (Å²) in [7, 11) is 4.13. The van der Waals surface area contributed by atoms with Crippen molar-refractivity contribution >= 4 is 40.4 Å². The van der Waals surface area contributed by atoms with Crippen LogP contribution in [0, 0.1) is 17.5 Å². The lowest BCUT2D eigenvalue weighted by Gasteiger charge is -2.40. The van der Waals surface area contributed by atoms with Gasteiger partial charge < -0.3 is 39.7 Å². The number of fused-ring (bicyclic) bond motifs is 1. The van der Waals surface area contributed by atoms with Crippen molar-refractivity contribution in [3.05, 3.63) is 88.2 Å². The Hall–Kier alpha value is -6.20. The van der Waals surface area contributed by atoms with Crippen molar-refractivity contribution in [2.24, 2.45) is 0 Å². The van der Waals surface area contributed by atoms with E-state index in [0.29, 0.717) is 25.3 Å². The van der Waals surface area contributed by atoms with Crippen LogP contribution in [0.5, 0.6) is 11.5 Å². The molecule has 0 radical (unpaired) electrons. The molecule has 3 heterocycles. The van der Waals surface area contributed by atoms with Gasteiger partial charge in [-0.1, -0.05) is 0 Å². The molecule has 2 saturated heterocycles. The summed E-state index contributed by atoms with van der Waals surface area (Å²) in [5.41, 5.74) is -0.371. The first-order chi connectivity index (χ1) is 25.9. The second kappa shape index (κ2) is 15.8. The molecule has 54 heavy (non-hydrogen) atoms. The Morgan fingerprint density at radius 3 is 2.26 bits per heavy atom. The zero-order chi connectivity index (χ0) is 38.7. The highest BCUT2D eigenvalue weighted by Gasteiger charge is 2.35. The molecule has 0 bridgehead atoms. The Morgan fingerprint density at radius 1 is 0.889 bits per heavy atom. The lowest BCUT2D eigenvalue weighted by molar-refractivity contribution is 0.152. The SMILES string of the molecule is COC(=O)N[C@@H]1CCN(C(=O)N2CCN(n3c(C(C)N(C(=O)Nc4ccc(F)cc4)c4ccc(OC)cc4OC)nc4cc(F)c(F)cc4c3=O)CC2)C1. The molecule has 0 saturated carbocycles. The third kappa shape index (κ3) is 7.62. The first-order valence-electron chi connectivity index (χ1n) is 17.1. The van der Waals surface area contributed by atoms with E-state index >= 15 is 0 Å². The molecule has 18 heteroatoms. The van der Waals surface area contributed by atoms with Crippen molar-refractivity contribution in [1.29, 1.82) is 0 Å². The molecule has 4 aromatic rings. The molecule has 5 amide bonds. The van der Waals surface area contributed by atoms with E-state index in [1.165, 1.54) is 55.2 Å². The summed E-state index contributed by atoms with van der Waals surface area (Å²) in [6.45, 7) is 2.96. The van der Waals surface area contributed by atoms with Crippen LogP contribution in [0.15, 0.2) is 59.4 Å². The van der Waals surface area contributed by atoms with Crippen LogP contribution >= 0.6 is 0 Å². The fraction of sp³-hybridized carbons (Fsp3) is 0.361. The summed E-state index contributed by atoms with van der Waals surface area (Å²) < 4.78 is 59.7. The Balaban J connectivity index is 1.37. The molecular weight excluding hydrogens is 713 g/mol. The Morgan fingerprint density at radius 2 is 1.59 bits per heavy atom. The van der Waals surface area contributed by atoms with Crippen LogP contribution in [0.2, 0.25) is 0 Å². The molecule has 0 spiro atoms. The minimum absolute atomic E-state index is 0.0123. The zero-order valence-corrected chi connectivity index (χ0v) is 30.0. The number of anilines is 2. The predicted molar refractivity (Wildman–Crippen MR) is 192 cm³/mol. The number of carbonyl (C=O) groups excluding carboxylic acids is 3. The van der Waals surface area contributed by atoms with E-state index in [2.05, 4.69) is 20.4 Å². The van der Waals surface area contributed by atoms with Gasteiger partial charge in [0.05, 0.1) is 63.1 Å². The van der Waals surface area contributed by atoms with Crippen LogP contribution in [0.4, 0.5) is 38.9 Å². The van der Waals surface area contributed by atoms with Gasteiger partial charge in [0.25, 0.3) is 5.56 Å². The molecule has 6 rings (SSSR count). The number of halogens is 3. The van der Waals surface area contributed by atoms with Gasteiger partial charge in [-0.15, -0.1) is 0 Å². The van der Waals surface area contributed by atoms with E-state index in [0.717, 1.165) is 12.1 Å². The molecule has 1 unspecified atom stereocenters. The van der Waals surface area contributed by atoms with Crippen LogP contribution in [0.25, 0.3) is 10.9 Å². The number of hydrogen-bond acceptors (Lipinski definition) is 9. The highest BCUT2D eigenvalue weighted by atomic mass is 19.2. The summed E-state index contributed by atoms with van der Waals surface area (Å²) in [5, 5.41) is 6.89. The highest BCUT2D eigenvalue weighted by Crippen LogP contribution is 2.37. The third-order valence-corrected chi connectivity index (χ3v) is 9.41. The average molecular weight is 753 g/mol. The van der Waals surface area contributed by atoms with E-state index < -0.39 is 41.2 Å². The van der Waals surface area contributed by atoms with Crippen molar-refractivity contribution < 1.29 is 41.8 Å². The monoisotopic (exact) mass is 752 g/mol. The van der Waals surface area contributed by atoms with Crippen molar-refractivity contribution in [1.82, 2.24) is 24.8 Å². The molecule has 2 N–H and O–H groups in total. The number of nitrogens with zero attached hydrogens (tertiary/aromatic N) is 6. The fourth-order valence-corrected chi connectivity index (χ4v) is 6.61. The minimum atomic E-state index is -1.24. The number of rotatable bonds is 8. The first-order valence-corrected chi connectivity index (χ1v) is 17.1. The van der Waals surface area contributed by atoms with Crippen molar-refractivity contribution in [3.63, 3.8) is 0 Å². The smallest absolute Gasteiger partial charge is 0.407 e. The van der Waals surface area contributed by atoms with Gasteiger partial charge in [0.15, 0.2) is 17.5 Å². The Labute approximate surface area is 307 Å². The number of benzene rings is 3. The van der Waals surface area contributed by atoms with Crippen LogP contribution in [0.3, 0.4) is 0 Å². The summed E-state index contributed by atoms with van der Waals surface area (Å²) in [4.78, 5) is 62.9. The number of carbonyl (C=O) groups is 3. The van der Waals surface area contributed by atoms with Crippen LogP contribution in [-0.4, -0.2) is 104 Å². The Kier molecular flexibility index (Phi) is 11.0. The number of amides is 5. The predicted octanol–water partition coefficient (Wildman–Crippen LogP) is 4.43. The molecule has 15 nitrogen and oxygen atoms in total. The van der Waals surface area contributed by atoms with Gasteiger partial charge in [-0.25, -0.2) is 37.2 Å². The lowest BCUT2D eigenvalue weighted by Crippen LogP contribution is -2.58. The molecule has 3 aromatic carbocycles. The number of nitrogens with one attached hydrogen (secondary N) is 2. The van der Waals surface area contributed by atoms with Crippen molar-refractivity contribution in [3.8, 4) is 11.5 Å². The summed E-state index contributed by atoms with van der Waals surface area (Å²) in [5.74, 6) is -2.33. The average Bonchev–Trinajstić information content (AvgIpc) is 3.64. The van der Waals surface area contributed by atoms with Gasteiger partial charge in [-0.3, -0.25) is 9.69 Å². The minimum Gasteiger partial charge on any atom is -0.497 e. The normalized spacial score (nSPS) is 16.2. The van der Waals surface area contributed by atoms with Gasteiger partial charge >= 0.3 is 18.2 Å². The molecule has 1 aromatic heterocycles. The van der Waals surface area contributed by atoms with Crippen molar-refractivity contribution in [2.75, 3.05) is 75.8 Å². The van der Waals surface area contributed by atoms with Gasteiger partial charge in [-0.2, -0.15) is 0 Å². The molecule has 2 atom stereocenters. The highest BCUT2D eigenvalue weighted by molar-refractivity contribution is 6.03. The molecule has 2 aliphatic heterocycles. The number of aromatic nitrogens is 2. The number of alkyl carbamates (subject to hydrolysis) is 1. The number of ether oxygens (including phenoxy) is 3. The summed E-state index contributed by atoms with van der Waals surface area (Å²) in [6.07, 6.45) is -0.0244. The number of methoxy groups -OCH3 is 3. The summed E-state index contributed by atoms with van der Waals surface area (Å²) in [6, 6.07) is 9.13. The standard InChI is InChI=1S/C36H39F3N8O7/c1-21(46(30-10-9-25(52-2)17-31(30)53-3)34(49)40-23-7-5-22(37)6-8-23)32-42-29-19-28(39)27(38)18-26(29)33(48)47(32)45-15-13-43(14-16-45)36(51)44-12-11-24(20-44)41-35(50)54-4/h5-10,17-19,21,24H,11-16,20H2,1-4H3,(H,40,49)(H,41,50)/t21?,24-/m1/s1. The molecule has 286 valence electrons. The second-order valence-electron chi connectivity index (χ2n) is 12.7. The molecule has 2 fully saturated rings. The fourth-order valence-electron chi connectivity index (χ4n) is 6.61. The number of hydrogen-bond donors (Lipinski definition) is 2. The number of piperazine rings is 1. The Bertz CT molecular complexity index is 2110. The lowest BCUT2D eigenvalue weighted by atomic mass is 10.1. The van der Waals surface area contributed by atoms with E-state index in [4.69, 9.17) is 9.47 Å². The topological polar surface area (TPSA) is 151 Å². The molecular formula is C36H39F3N8O7. The van der Waals surface area contributed by atoms with Crippen LogP contribution in [-0.2, 0) is 4.74 Å². The van der Waals surface area contributed by atoms with E-state index in [1.807, 2.05) is 0 Å².